The van der Waals surface area contributed by atoms with Crippen LogP contribution in [-0.4, -0.2) is 47.7 Å². The average molecular weight is 471 g/mol. The highest BCUT2D eigenvalue weighted by Crippen LogP contribution is 2.32. The van der Waals surface area contributed by atoms with Crippen molar-refractivity contribution in [2.75, 3.05) is 26.2 Å². The van der Waals surface area contributed by atoms with Crippen LogP contribution in [0, 0.1) is 11.6 Å². The van der Waals surface area contributed by atoms with Crippen molar-refractivity contribution in [2.24, 2.45) is 0 Å². The Morgan fingerprint density at radius 2 is 1.26 bits per heavy atom. The zero-order chi connectivity index (χ0) is 24.3. The molecule has 0 radical (unpaired) electrons. The Morgan fingerprint density at radius 3 is 1.79 bits per heavy atom. The first kappa shape index (κ1) is 26.0. The summed E-state index contributed by atoms with van der Waals surface area (Å²) in [6.45, 7) is 4.12. The fourth-order valence-corrected chi connectivity index (χ4v) is 4.65. The quantitative estimate of drug-likeness (QED) is 0.362. The number of nitrogens with zero attached hydrogens (tertiary/aromatic N) is 2. The minimum absolute atomic E-state index is 0.147. The fraction of sp³-hybridized carbons (Fsp3) is 0.500. The van der Waals surface area contributed by atoms with Crippen molar-refractivity contribution in [1.29, 1.82) is 0 Å². The van der Waals surface area contributed by atoms with E-state index in [0.29, 0.717) is 62.4 Å². The molecule has 0 aromatic heterocycles. The summed E-state index contributed by atoms with van der Waals surface area (Å²) in [5, 5.41) is 0. The van der Waals surface area contributed by atoms with Gasteiger partial charge in [0.15, 0.2) is 0 Å². The van der Waals surface area contributed by atoms with Gasteiger partial charge in [0.1, 0.15) is 17.4 Å². The Kier molecular flexibility index (Phi) is 10.2. The summed E-state index contributed by atoms with van der Waals surface area (Å²) in [7, 11) is 0. The molecule has 184 valence electrons. The molecule has 0 aliphatic carbocycles. The molecule has 0 atom stereocenters. The molecule has 2 aromatic rings. The van der Waals surface area contributed by atoms with Crippen molar-refractivity contribution in [3.05, 3.63) is 71.3 Å². The van der Waals surface area contributed by atoms with Gasteiger partial charge in [-0.2, -0.15) is 0 Å². The molecule has 1 aliphatic rings. The van der Waals surface area contributed by atoms with Crippen molar-refractivity contribution in [1.82, 2.24) is 9.80 Å². The van der Waals surface area contributed by atoms with Gasteiger partial charge in [-0.25, -0.2) is 8.78 Å². The van der Waals surface area contributed by atoms with E-state index in [0.717, 1.165) is 32.1 Å². The molecule has 6 heteroatoms. The molecule has 0 bridgehead atoms. The average Bonchev–Trinajstić information content (AvgIpc) is 2.86. The third-order valence-electron chi connectivity index (χ3n) is 6.67. The fourth-order valence-electron chi connectivity index (χ4n) is 4.65. The van der Waals surface area contributed by atoms with Gasteiger partial charge in [-0.1, -0.05) is 62.6 Å². The minimum Gasteiger partial charge on any atom is -0.340 e. The van der Waals surface area contributed by atoms with E-state index in [4.69, 9.17) is 0 Å². The largest absolute Gasteiger partial charge is 0.340 e. The van der Waals surface area contributed by atoms with E-state index in [1.165, 1.54) is 12.1 Å². The number of amides is 1. The molecule has 1 heterocycles. The molecule has 0 saturated carbocycles. The van der Waals surface area contributed by atoms with Crippen LogP contribution >= 0.6 is 0 Å². The lowest BCUT2D eigenvalue weighted by Gasteiger charge is -2.40. The summed E-state index contributed by atoms with van der Waals surface area (Å²) in [6.07, 6.45) is 6.68. The van der Waals surface area contributed by atoms with Gasteiger partial charge < -0.3 is 4.90 Å². The van der Waals surface area contributed by atoms with Crippen LogP contribution in [0.5, 0.6) is 0 Å². The summed E-state index contributed by atoms with van der Waals surface area (Å²) >= 11 is 0. The van der Waals surface area contributed by atoms with Crippen molar-refractivity contribution in [3.63, 3.8) is 0 Å². The number of carbonyl (C=O) groups is 2. The maximum absolute atomic E-state index is 14.7. The van der Waals surface area contributed by atoms with Gasteiger partial charge >= 0.3 is 0 Å². The number of benzene rings is 2. The Labute approximate surface area is 201 Å². The van der Waals surface area contributed by atoms with Crippen LogP contribution < -0.4 is 0 Å². The monoisotopic (exact) mass is 470 g/mol. The summed E-state index contributed by atoms with van der Waals surface area (Å²) < 4.78 is 29.4. The molecular formula is C28H36F2N2O2. The predicted molar refractivity (Wildman–Crippen MR) is 130 cm³/mol. The van der Waals surface area contributed by atoms with Crippen LogP contribution in [0.2, 0.25) is 0 Å². The first-order valence-corrected chi connectivity index (χ1v) is 12.5. The molecule has 1 fully saturated rings. The molecule has 0 unspecified atom stereocenters. The second-order valence-electron chi connectivity index (χ2n) is 9.02. The van der Waals surface area contributed by atoms with Crippen LogP contribution in [0.1, 0.15) is 75.5 Å². The molecule has 0 spiro atoms. The van der Waals surface area contributed by atoms with Gasteiger partial charge in [-0.3, -0.25) is 14.5 Å². The first-order valence-electron chi connectivity index (χ1n) is 12.5. The zero-order valence-corrected chi connectivity index (χ0v) is 20.1. The van der Waals surface area contributed by atoms with Gasteiger partial charge in [-0.05, 0) is 25.0 Å². The van der Waals surface area contributed by atoms with Gasteiger partial charge in [0.25, 0.3) is 0 Å². The van der Waals surface area contributed by atoms with Gasteiger partial charge in [0.05, 0.1) is 6.04 Å². The Balaban J connectivity index is 1.51. The van der Waals surface area contributed by atoms with E-state index in [9.17, 15) is 18.4 Å². The summed E-state index contributed by atoms with van der Waals surface area (Å²) in [6, 6.07) is 12.5. The maximum atomic E-state index is 14.7. The first-order chi connectivity index (χ1) is 16.5. The molecule has 1 amide bonds. The number of hydrogen-bond donors (Lipinski definition) is 0. The third-order valence-corrected chi connectivity index (χ3v) is 6.67. The molecule has 34 heavy (non-hydrogen) atoms. The Morgan fingerprint density at radius 1 is 0.765 bits per heavy atom. The summed E-state index contributed by atoms with van der Waals surface area (Å²) in [5.74, 6) is -0.239. The number of hydrogen-bond acceptors (Lipinski definition) is 3. The summed E-state index contributed by atoms with van der Waals surface area (Å²) in [5.41, 5.74) is 0.904. The molecular weight excluding hydrogens is 434 g/mol. The van der Waals surface area contributed by atoms with Gasteiger partial charge in [0, 0.05) is 56.6 Å². The maximum Gasteiger partial charge on any atom is 0.222 e. The van der Waals surface area contributed by atoms with E-state index in [1.54, 1.807) is 36.4 Å². The molecule has 3 rings (SSSR count). The topological polar surface area (TPSA) is 40.6 Å². The van der Waals surface area contributed by atoms with Crippen LogP contribution in [0.25, 0.3) is 0 Å². The van der Waals surface area contributed by atoms with E-state index in [1.807, 2.05) is 11.8 Å². The van der Waals surface area contributed by atoms with Crippen molar-refractivity contribution in [2.45, 2.75) is 64.3 Å². The van der Waals surface area contributed by atoms with Gasteiger partial charge in [-0.15, -0.1) is 0 Å². The lowest BCUT2D eigenvalue weighted by molar-refractivity contribution is -0.133. The summed E-state index contributed by atoms with van der Waals surface area (Å²) in [4.78, 5) is 28.0. The van der Waals surface area contributed by atoms with E-state index >= 15 is 0 Å². The number of piperazine rings is 1. The molecule has 4 nitrogen and oxygen atoms in total. The standard InChI is InChI=1S/C28H36F2N2O2/c1-2-22(33)12-6-4-3-5-7-17-27(34)31-18-20-32(21-19-31)28(23-13-8-10-15-25(23)29)24-14-9-11-16-26(24)30/h8-11,13-16,28H,2-7,12,17-21H2,1H3. The zero-order valence-electron chi connectivity index (χ0n) is 20.1. The number of ketones is 1. The normalized spacial score (nSPS) is 14.5. The minimum atomic E-state index is -0.528. The van der Waals surface area contributed by atoms with Gasteiger partial charge in [0.2, 0.25) is 5.91 Å². The third kappa shape index (κ3) is 7.20. The lowest BCUT2D eigenvalue weighted by Crippen LogP contribution is -2.50. The number of rotatable bonds is 12. The smallest absolute Gasteiger partial charge is 0.222 e. The second kappa shape index (κ2) is 13.3. The Bertz CT molecular complexity index is 896. The van der Waals surface area contributed by atoms with Crippen LogP contribution in [0.3, 0.4) is 0 Å². The van der Waals surface area contributed by atoms with E-state index < -0.39 is 6.04 Å². The van der Waals surface area contributed by atoms with Crippen molar-refractivity contribution >= 4 is 11.7 Å². The predicted octanol–water partition coefficient (Wildman–Crippen LogP) is 5.91. The molecule has 1 saturated heterocycles. The highest BCUT2D eigenvalue weighted by molar-refractivity contribution is 5.77. The number of unbranched alkanes of at least 4 members (excludes halogenated alkanes) is 4. The van der Waals surface area contributed by atoms with E-state index in [2.05, 4.69) is 4.90 Å². The molecule has 0 N–H and O–H groups in total. The second-order valence-corrected chi connectivity index (χ2v) is 9.02. The highest BCUT2D eigenvalue weighted by Gasteiger charge is 2.30. The van der Waals surface area contributed by atoms with Crippen LogP contribution in [-0.2, 0) is 9.59 Å². The lowest BCUT2D eigenvalue weighted by atomic mass is 9.95. The van der Waals surface area contributed by atoms with Crippen LogP contribution in [0.15, 0.2) is 48.5 Å². The SMILES string of the molecule is CCC(=O)CCCCCCCC(=O)N1CCN(C(c2ccccc2F)c2ccccc2F)CC1. The number of Topliss-reactive ketones (excluding diaryl/α,β-unsaturated/α-hetero) is 1. The van der Waals surface area contributed by atoms with Crippen molar-refractivity contribution < 1.29 is 18.4 Å². The molecule has 2 aromatic carbocycles. The Hall–Kier alpha value is -2.60. The molecule has 1 aliphatic heterocycles. The number of carbonyl (C=O) groups excluding carboxylic acids is 2. The highest BCUT2D eigenvalue weighted by atomic mass is 19.1. The van der Waals surface area contributed by atoms with E-state index in [-0.39, 0.29) is 17.5 Å². The number of halogens is 2. The van der Waals surface area contributed by atoms with Crippen LogP contribution in [0.4, 0.5) is 8.78 Å². The van der Waals surface area contributed by atoms with Crippen molar-refractivity contribution in [3.8, 4) is 0 Å².